The third kappa shape index (κ3) is 5.43. The summed E-state index contributed by atoms with van der Waals surface area (Å²) in [4.78, 5) is 23.1. The molecule has 2 N–H and O–H groups in total. The van der Waals surface area contributed by atoms with Gasteiger partial charge in [0, 0.05) is 13.2 Å². The second kappa shape index (κ2) is 8.26. The molecule has 1 saturated heterocycles. The second-order valence-corrected chi connectivity index (χ2v) is 4.76. The Hall–Kier alpha value is -2.08. The van der Waals surface area contributed by atoms with Crippen LogP contribution in [0.3, 0.4) is 0 Å². The molecule has 1 aromatic carbocycles. The molecular weight excluding hydrogens is 272 g/mol. The van der Waals surface area contributed by atoms with Crippen molar-refractivity contribution >= 4 is 11.8 Å². The van der Waals surface area contributed by atoms with Crippen molar-refractivity contribution in [1.29, 1.82) is 0 Å². The highest BCUT2D eigenvalue weighted by atomic mass is 16.5. The average Bonchev–Trinajstić information content (AvgIpc) is 3.03. The van der Waals surface area contributed by atoms with Gasteiger partial charge >= 0.3 is 11.8 Å². The van der Waals surface area contributed by atoms with E-state index >= 15 is 0 Å². The summed E-state index contributed by atoms with van der Waals surface area (Å²) in [6.45, 7) is 1.70. The number of rotatable bonds is 6. The van der Waals surface area contributed by atoms with Crippen LogP contribution in [0.2, 0.25) is 0 Å². The number of hydrogen-bond donors (Lipinski definition) is 2. The SMILES string of the molecule is O=C(NCCOc1ccccc1)C(=O)NC[C@H]1CCCO1. The summed E-state index contributed by atoms with van der Waals surface area (Å²) in [5.41, 5.74) is 0. The lowest BCUT2D eigenvalue weighted by molar-refractivity contribution is -0.139. The van der Waals surface area contributed by atoms with Crippen molar-refractivity contribution in [2.75, 3.05) is 26.3 Å². The Balaban J connectivity index is 1.56. The molecule has 2 rings (SSSR count). The Kier molecular flexibility index (Phi) is 6.02. The van der Waals surface area contributed by atoms with Gasteiger partial charge < -0.3 is 20.1 Å². The van der Waals surface area contributed by atoms with Crippen LogP contribution >= 0.6 is 0 Å². The summed E-state index contributed by atoms with van der Waals surface area (Å²) in [7, 11) is 0. The van der Waals surface area contributed by atoms with Crippen molar-refractivity contribution in [3.8, 4) is 5.75 Å². The first-order chi connectivity index (χ1) is 10.3. The number of carbonyl (C=O) groups excluding carboxylic acids is 2. The Morgan fingerprint density at radius 3 is 2.67 bits per heavy atom. The zero-order valence-electron chi connectivity index (χ0n) is 11.8. The minimum absolute atomic E-state index is 0.0307. The van der Waals surface area contributed by atoms with E-state index in [1.54, 1.807) is 0 Å². The number of nitrogens with one attached hydrogen (secondary N) is 2. The summed E-state index contributed by atoms with van der Waals surface area (Å²) < 4.78 is 10.8. The third-order valence-electron chi connectivity index (χ3n) is 3.12. The molecule has 0 bridgehead atoms. The van der Waals surface area contributed by atoms with Crippen LogP contribution in [0.4, 0.5) is 0 Å². The zero-order valence-corrected chi connectivity index (χ0v) is 11.8. The number of amides is 2. The molecule has 1 atom stereocenters. The van der Waals surface area contributed by atoms with Gasteiger partial charge in [-0.3, -0.25) is 9.59 Å². The number of hydrogen-bond acceptors (Lipinski definition) is 4. The van der Waals surface area contributed by atoms with Crippen LogP contribution in [-0.2, 0) is 14.3 Å². The summed E-state index contributed by atoms with van der Waals surface area (Å²) in [5, 5.41) is 5.08. The molecule has 1 heterocycles. The smallest absolute Gasteiger partial charge is 0.309 e. The topological polar surface area (TPSA) is 76.7 Å². The number of ether oxygens (including phenoxy) is 2. The van der Waals surface area contributed by atoms with E-state index in [-0.39, 0.29) is 12.6 Å². The van der Waals surface area contributed by atoms with Gasteiger partial charge in [-0.15, -0.1) is 0 Å². The predicted molar refractivity (Wildman–Crippen MR) is 76.9 cm³/mol. The highest BCUT2D eigenvalue weighted by Gasteiger charge is 2.18. The van der Waals surface area contributed by atoms with Crippen molar-refractivity contribution in [3.05, 3.63) is 30.3 Å². The van der Waals surface area contributed by atoms with Crippen LogP contribution in [0, 0.1) is 0 Å². The van der Waals surface area contributed by atoms with Crippen molar-refractivity contribution in [1.82, 2.24) is 10.6 Å². The summed E-state index contributed by atoms with van der Waals surface area (Å²) in [5.74, 6) is -0.551. The molecule has 1 aliphatic heterocycles. The van der Waals surface area contributed by atoms with Gasteiger partial charge in [0.25, 0.3) is 0 Å². The van der Waals surface area contributed by atoms with E-state index < -0.39 is 11.8 Å². The Bertz CT molecular complexity index is 458. The van der Waals surface area contributed by atoms with E-state index in [1.807, 2.05) is 30.3 Å². The monoisotopic (exact) mass is 292 g/mol. The molecule has 0 unspecified atom stereocenters. The molecule has 0 radical (unpaired) electrons. The standard InChI is InChI=1S/C15H20N2O4/c18-14(15(19)17-11-13-7-4-9-20-13)16-8-10-21-12-5-2-1-3-6-12/h1-3,5-6,13H,4,7-11H2,(H,16,18)(H,17,19)/t13-/m1/s1. The maximum absolute atomic E-state index is 11.5. The van der Waals surface area contributed by atoms with Gasteiger partial charge in [-0.2, -0.15) is 0 Å². The van der Waals surface area contributed by atoms with Crippen LogP contribution in [0.15, 0.2) is 30.3 Å². The maximum atomic E-state index is 11.5. The fraction of sp³-hybridized carbons (Fsp3) is 0.467. The Labute approximate surface area is 123 Å². The molecule has 114 valence electrons. The molecule has 1 aromatic rings. The van der Waals surface area contributed by atoms with Crippen LogP contribution in [0.5, 0.6) is 5.75 Å². The molecule has 21 heavy (non-hydrogen) atoms. The molecule has 1 fully saturated rings. The van der Waals surface area contributed by atoms with Gasteiger partial charge in [0.05, 0.1) is 12.6 Å². The first kappa shape index (κ1) is 15.3. The fourth-order valence-electron chi connectivity index (χ4n) is 2.02. The van der Waals surface area contributed by atoms with Crippen molar-refractivity contribution in [2.24, 2.45) is 0 Å². The molecule has 0 aliphatic carbocycles. The van der Waals surface area contributed by atoms with E-state index in [9.17, 15) is 9.59 Å². The summed E-state index contributed by atoms with van der Waals surface area (Å²) in [6, 6.07) is 9.29. The predicted octanol–water partition coefficient (Wildman–Crippen LogP) is 0.477. The minimum Gasteiger partial charge on any atom is -0.492 e. The summed E-state index contributed by atoms with van der Waals surface area (Å²) in [6.07, 6.45) is 1.96. The second-order valence-electron chi connectivity index (χ2n) is 4.76. The van der Waals surface area contributed by atoms with Gasteiger partial charge in [-0.05, 0) is 25.0 Å². The molecule has 2 amide bonds. The van der Waals surface area contributed by atoms with E-state index in [1.165, 1.54) is 0 Å². The largest absolute Gasteiger partial charge is 0.492 e. The average molecular weight is 292 g/mol. The van der Waals surface area contributed by atoms with E-state index in [0.29, 0.717) is 13.2 Å². The molecule has 1 aliphatic rings. The van der Waals surface area contributed by atoms with Crippen LogP contribution in [0.25, 0.3) is 0 Å². The van der Waals surface area contributed by atoms with E-state index in [2.05, 4.69) is 10.6 Å². The summed E-state index contributed by atoms with van der Waals surface area (Å²) >= 11 is 0. The number of carbonyl (C=O) groups is 2. The normalized spacial score (nSPS) is 17.2. The fourth-order valence-corrected chi connectivity index (χ4v) is 2.02. The molecular formula is C15H20N2O4. The highest BCUT2D eigenvalue weighted by Crippen LogP contribution is 2.10. The van der Waals surface area contributed by atoms with Crippen molar-refractivity contribution < 1.29 is 19.1 Å². The van der Waals surface area contributed by atoms with E-state index in [4.69, 9.17) is 9.47 Å². The third-order valence-corrected chi connectivity index (χ3v) is 3.12. The number of benzene rings is 1. The maximum Gasteiger partial charge on any atom is 0.309 e. The van der Waals surface area contributed by atoms with Gasteiger partial charge in [-0.25, -0.2) is 0 Å². The minimum atomic E-state index is -0.648. The highest BCUT2D eigenvalue weighted by molar-refractivity contribution is 6.35. The molecule has 6 heteroatoms. The van der Waals surface area contributed by atoms with Gasteiger partial charge in [0.15, 0.2) is 0 Å². The molecule has 0 saturated carbocycles. The van der Waals surface area contributed by atoms with Gasteiger partial charge in [0.2, 0.25) is 0 Å². The first-order valence-corrected chi connectivity index (χ1v) is 7.11. The molecule has 0 spiro atoms. The van der Waals surface area contributed by atoms with Crippen LogP contribution < -0.4 is 15.4 Å². The Morgan fingerprint density at radius 2 is 1.95 bits per heavy atom. The molecule has 0 aromatic heterocycles. The van der Waals surface area contributed by atoms with Crippen molar-refractivity contribution in [3.63, 3.8) is 0 Å². The van der Waals surface area contributed by atoms with Crippen LogP contribution in [0.1, 0.15) is 12.8 Å². The van der Waals surface area contributed by atoms with Crippen molar-refractivity contribution in [2.45, 2.75) is 18.9 Å². The number of para-hydroxylation sites is 1. The molecule has 6 nitrogen and oxygen atoms in total. The van der Waals surface area contributed by atoms with Gasteiger partial charge in [-0.1, -0.05) is 18.2 Å². The quantitative estimate of drug-likeness (QED) is 0.590. The van der Waals surface area contributed by atoms with Crippen LogP contribution in [-0.4, -0.2) is 44.2 Å². The van der Waals surface area contributed by atoms with Gasteiger partial charge in [0.1, 0.15) is 12.4 Å². The lowest BCUT2D eigenvalue weighted by Gasteiger charge is -2.11. The lowest BCUT2D eigenvalue weighted by atomic mass is 10.2. The zero-order chi connectivity index (χ0) is 14.9. The van der Waals surface area contributed by atoms with E-state index in [0.717, 1.165) is 25.2 Å². The first-order valence-electron chi connectivity index (χ1n) is 7.11. The lowest BCUT2D eigenvalue weighted by Crippen LogP contribution is -2.43. The Morgan fingerprint density at radius 1 is 1.19 bits per heavy atom.